The van der Waals surface area contributed by atoms with Crippen LogP contribution in [-0.4, -0.2) is 7.05 Å². The number of hydrogen-bond acceptors (Lipinski definition) is 1. The summed E-state index contributed by atoms with van der Waals surface area (Å²) in [6, 6.07) is 18.7. The van der Waals surface area contributed by atoms with E-state index in [9.17, 15) is 4.57 Å². The molecular weight excluding hydrogens is 267 g/mol. The van der Waals surface area contributed by atoms with Crippen molar-refractivity contribution in [2.24, 2.45) is 0 Å². The molecule has 0 fully saturated rings. The summed E-state index contributed by atoms with van der Waals surface area (Å²) in [6.45, 7) is -3.17. The highest BCUT2D eigenvalue weighted by molar-refractivity contribution is 7.91. The normalized spacial score (nSPS) is 13.7. The van der Waals surface area contributed by atoms with Crippen LogP contribution in [0.15, 0.2) is 60.7 Å². The summed E-state index contributed by atoms with van der Waals surface area (Å²) in [4.78, 5) is 0. The number of halogens is 1. The summed E-state index contributed by atoms with van der Waals surface area (Å²) in [5.41, 5.74) is 1.54. The largest absolute Gasteiger partial charge is 0.349 e. The van der Waals surface area contributed by atoms with Crippen LogP contribution in [0.3, 0.4) is 0 Å². The first-order valence-electron chi connectivity index (χ1n) is 5.52. The van der Waals surface area contributed by atoms with Gasteiger partial charge >= 0.3 is 6.80 Å². The maximum atomic E-state index is 12.5. The van der Waals surface area contributed by atoms with Gasteiger partial charge in [0.25, 0.3) is 0 Å². The topological polar surface area (TPSA) is 32.3 Å². The molecule has 0 aliphatic rings. The van der Waals surface area contributed by atoms with Gasteiger partial charge in [0.2, 0.25) is 0 Å². The Morgan fingerprint density at radius 2 is 1.50 bits per heavy atom. The predicted octanol–water partition coefficient (Wildman–Crippen LogP) is 4.58. The van der Waals surface area contributed by atoms with Crippen LogP contribution in [0.2, 0.25) is 0 Å². The smallest absolute Gasteiger partial charge is 0.308 e. The molecule has 0 bridgehead atoms. The summed E-state index contributed by atoms with van der Waals surface area (Å²) in [6.07, 6.45) is 0. The second-order valence-corrected chi connectivity index (χ2v) is 7.04. The fraction of sp³-hybridized carbons (Fsp3) is 0.0769. The van der Waals surface area contributed by atoms with Crippen molar-refractivity contribution in [1.82, 2.24) is 0 Å². The summed E-state index contributed by atoms with van der Waals surface area (Å²) >= 11 is 6.13. The summed E-state index contributed by atoms with van der Waals surface area (Å²) in [5, 5.41) is 2.86. The van der Waals surface area contributed by atoms with Gasteiger partial charge in [-0.25, -0.2) is 0 Å². The van der Waals surface area contributed by atoms with E-state index in [2.05, 4.69) is 5.09 Å². The SMILES string of the molecule is CN(c1ccccc1)P(=O)(Cl)Nc1ccccc1. The number of benzene rings is 2. The van der Waals surface area contributed by atoms with Crippen LogP contribution in [0.1, 0.15) is 0 Å². The molecule has 0 radical (unpaired) electrons. The van der Waals surface area contributed by atoms with E-state index >= 15 is 0 Å². The third kappa shape index (κ3) is 3.06. The Labute approximate surface area is 112 Å². The zero-order valence-electron chi connectivity index (χ0n) is 9.95. The molecule has 0 heterocycles. The first-order valence-corrected chi connectivity index (χ1v) is 8.08. The van der Waals surface area contributed by atoms with Gasteiger partial charge in [-0.2, -0.15) is 0 Å². The van der Waals surface area contributed by atoms with Crippen molar-refractivity contribution < 1.29 is 4.57 Å². The molecule has 94 valence electrons. The molecule has 5 heteroatoms. The molecule has 0 amide bonds. The number of hydrogen-bond donors (Lipinski definition) is 1. The van der Waals surface area contributed by atoms with Gasteiger partial charge in [-0.15, -0.1) is 0 Å². The fourth-order valence-electron chi connectivity index (χ4n) is 1.54. The van der Waals surface area contributed by atoms with Gasteiger partial charge in [0.1, 0.15) is 0 Å². The highest BCUT2D eigenvalue weighted by Gasteiger charge is 2.24. The van der Waals surface area contributed by atoms with E-state index in [1.54, 1.807) is 11.7 Å². The highest BCUT2D eigenvalue weighted by atomic mass is 35.7. The van der Waals surface area contributed by atoms with Crippen molar-refractivity contribution in [2.75, 3.05) is 16.8 Å². The minimum absolute atomic E-state index is 0.735. The van der Waals surface area contributed by atoms with E-state index in [0.29, 0.717) is 0 Å². The lowest BCUT2D eigenvalue weighted by molar-refractivity contribution is 0.586. The van der Waals surface area contributed by atoms with Gasteiger partial charge in [-0.3, -0.25) is 9.24 Å². The monoisotopic (exact) mass is 280 g/mol. The van der Waals surface area contributed by atoms with Crippen molar-refractivity contribution >= 4 is 29.4 Å². The summed E-state index contributed by atoms with van der Waals surface area (Å²) < 4.78 is 14.0. The van der Waals surface area contributed by atoms with E-state index in [-0.39, 0.29) is 0 Å². The zero-order chi connectivity index (χ0) is 13.0. The molecule has 2 rings (SSSR count). The molecule has 0 aliphatic carbocycles. The van der Waals surface area contributed by atoms with Gasteiger partial charge in [0, 0.05) is 18.4 Å². The Balaban J connectivity index is 2.19. The maximum absolute atomic E-state index is 12.5. The second kappa shape index (κ2) is 5.47. The molecule has 0 saturated carbocycles. The Morgan fingerprint density at radius 3 is 2.06 bits per heavy atom. The van der Waals surface area contributed by atoms with E-state index < -0.39 is 6.80 Å². The average molecular weight is 281 g/mol. The van der Waals surface area contributed by atoms with E-state index in [1.165, 1.54) is 0 Å². The van der Waals surface area contributed by atoms with Crippen LogP contribution in [-0.2, 0) is 4.57 Å². The van der Waals surface area contributed by atoms with Crippen molar-refractivity contribution in [3.8, 4) is 0 Å². The van der Waals surface area contributed by atoms with E-state index in [1.807, 2.05) is 60.7 Å². The van der Waals surface area contributed by atoms with Crippen LogP contribution < -0.4 is 9.76 Å². The van der Waals surface area contributed by atoms with Crippen molar-refractivity contribution in [3.05, 3.63) is 60.7 Å². The lowest BCUT2D eigenvalue weighted by Gasteiger charge is -2.25. The number of nitrogens with one attached hydrogen (secondary N) is 1. The molecule has 1 N–H and O–H groups in total. The van der Waals surface area contributed by atoms with Gasteiger partial charge in [0.05, 0.1) is 0 Å². The van der Waals surface area contributed by atoms with Crippen molar-refractivity contribution in [2.45, 2.75) is 0 Å². The molecule has 0 aliphatic heterocycles. The summed E-state index contributed by atoms with van der Waals surface area (Å²) in [7, 11) is 1.71. The van der Waals surface area contributed by atoms with E-state index in [0.717, 1.165) is 11.4 Å². The lowest BCUT2D eigenvalue weighted by atomic mass is 10.3. The molecular formula is C13H14ClN2OP. The Bertz CT molecular complexity index is 547. The third-order valence-electron chi connectivity index (χ3n) is 2.56. The fourth-order valence-corrected chi connectivity index (χ4v) is 3.14. The van der Waals surface area contributed by atoms with Gasteiger partial charge < -0.3 is 5.09 Å². The van der Waals surface area contributed by atoms with E-state index in [4.69, 9.17) is 11.2 Å². The Kier molecular flexibility index (Phi) is 3.95. The highest BCUT2D eigenvalue weighted by Crippen LogP contribution is 2.54. The predicted molar refractivity (Wildman–Crippen MR) is 78.4 cm³/mol. The molecule has 3 nitrogen and oxygen atoms in total. The maximum Gasteiger partial charge on any atom is 0.349 e. The quantitative estimate of drug-likeness (QED) is 0.832. The minimum atomic E-state index is -3.17. The van der Waals surface area contributed by atoms with Crippen molar-refractivity contribution in [3.63, 3.8) is 0 Å². The molecule has 1 unspecified atom stereocenters. The van der Waals surface area contributed by atoms with Crippen LogP contribution >= 0.6 is 18.0 Å². The number of anilines is 2. The lowest BCUT2D eigenvalue weighted by Crippen LogP contribution is -2.15. The number of para-hydroxylation sites is 2. The average Bonchev–Trinajstić information content (AvgIpc) is 2.39. The molecule has 0 aromatic heterocycles. The first-order chi connectivity index (χ1) is 8.59. The minimum Gasteiger partial charge on any atom is -0.308 e. The number of nitrogens with zero attached hydrogens (tertiary/aromatic N) is 1. The molecule has 0 saturated heterocycles. The van der Waals surface area contributed by atoms with Crippen molar-refractivity contribution in [1.29, 1.82) is 0 Å². The molecule has 2 aromatic rings. The second-order valence-electron chi connectivity index (χ2n) is 3.84. The molecule has 18 heavy (non-hydrogen) atoms. The van der Waals surface area contributed by atoms with Gasteiger partial charge in [0.15, 0.2) is 0 Å². The summed E-state index contributed by atoms with van der Waals surface area (Å²) in [5.74, 6) is 0. The van der Waals surface area contributed by atoms with Crippen LogP contribution in [0.4, 0.5) is 11.4 Å². The molecule has 0 spiro atoms. The van der Waals surface area contributed by atoms with Gasteiger partial charge in [-0.1, -0.05) is 36.4 Å². The van der Waals surface area contributed by atoms with Gasteiger partial charge in [-0.05, 0) is 35.5 Å². The Hall–Kier alpha value is -1.44. The molecule has 1 atom stereocenters. The van der Waals surface area contributed by atoms with Crippen LogP contribution in [0, 0.1) is 0 Å². The Morgan fingerprint density at radius 1 is 1.00 bits per heavy atom. The standard InChI is InChI=1S/C13H14ClN2OP/c1-16(13-10-6-3-7-11-13)18(14,17)15-12-8-4-2-5-9-12/h2-11H,1H3,(H,15,17). The molecule has 2 aromatic carbocycles. The number of rotatable bonds is 4. The third-order valence-corrected chi connectivity index (χ3v) is 5.03. The first kappa shape index (κ1) is 13.0. The van der Waals surface area contributed by atoms with Crippen LogP contribution in [0.25, 0.3) is 0 Å². The zero-order valence-corrected chi connectivity index (χ0v) is 11.6. The van der Waals surface area contributed by atoms with Crippen LogP contribution in [0.5, 0.6) is 0 Å².